The van der Waals surface area contributed by atoms with Crippen LogP contribution in [0.25, 0.3) is 10.8 Å². The van der Waals surface area contributed by atoms with Crippen LogP contribution in [0, 0.1) is 0 Å². The second-order valence-electron chi connectivity index (χ2n) is 8.67. The lowest BCUT2D eigenvalue weighted by molar-refractivity contribution is -0.123. The topological polar surface area (TPSA) is 70.7 Å². The number of amides is 2. The van der Waals surface area contributed by atoms with E-state index >= 15 is 0 Å². The van der Waals surface area contributed by atoms with Gasteiger partial charge in [0.15, 0.2) is 0 Å². The monoisotopic (exact) mass is 445 g/mol. The number of para-hydroxylation sites is 1. The standard InChI is InChI=1S/C27H31N3O3/c1-19(20-8-9-22-17-25(33-2)11-10-21(22)16-20)27(32)29-24-12-14-30(15-13-24)18-26(31)28-23-6-4-3-5-7-23/h3-11,16-17,19,24H,12-15,18H2,1-2H3,(H,28,31)(H,29,32)/t19-/m0/s1. The van der Waals surface area contributed by atoms with Gasteiger partial charge in [0.1, 0.15) is 5.75 Å². The molecule has 3 aromatic carbocycles. The van der Waals surface area contributed by atoms with Crippen LogP contribution in [0.2, 0.25) is 0 Å². The second kappa shape index (κ2) is 10.5. The first kappa shape index (κ1) is 22.8. The number of carbonyl (C=O) groups is 2. The van der Waals surface area contributed by atoms with Gasteiger partial charge in [0.05, 0.1) is 19.6 Å². The van der Waals surface area contributed by atoms with Crippen LogP contribution in [0.5, 0.6) is 5.75 Å². The van der Waals surface area contributed by atoms with Gasteiger partial charge in [-0.1, -0.05) is 42.5 Å². The Labute approximate surface area is 194 Å². The van der Waals surface area contributed by atoms with Gasteiger partial charge < -0.3 is 15.4 Å². The van der Waals surface area contributed by atoms with Gasteiger partial charge in [-0.15, -0.1) is 0 Å². The van der Waals surface area contributed by atoms with Crippen molar-refractivity contribution in [1.29, 1.82) is 0 Å². The largest absolute Gasteiger partial charge is 0.497 e. The molecule has 172 valence electrons. The number of likely N-dealkylation sites (tertiary alicyclic amines) is 1. The zero-order valence-corrected chi connectivity index (χ0v) is 19.2. The van der Waals surface area contributed by atoms with Crippen molar-refractivity contribution in [2.75, 3.05) is 32.1 Å². The average Bonchev–Trinajstić information content (AvgIpc) is 2.84. The van der Waals surface area contributed by atoms with E-state index in [0.29, 0.717) is 6.54 Å². The molecule has 0 aliphatic carbocycles. The first-order valence-corrected chi connectivity index (χ1v) is 11.5. The van der Waals surface area contributed by atoms with Gasteiger partial charge in [-0.25, -0.2) is 0 Å². The molecule has 0 bridgehead atoms. The van der Waals surface area contributed by atoms with E-state index in [2.05, 4.69) is 21.6 Å². The first-order chi connectivity index (χ1) is 16.0. The molecule has 1 aliphatic heterocycles. The van der Waals surface area contributed by atoms with E-state index in [1.54, 1.807) is 7.11 Å². The van der Waals surface area contributed by atoms with Crippen molar-refractivity contribution in [3.05, 3.63) is 72.3 Å². The second-order valence-corrected chi connectivity index (χ2v) is 8.67. The number of piperidine rings is 1. The van der Waals surface area contributed by atoms with Gasteiger partial charge in [-0.05, 0) is 60.4 Å². The number of ether oxygens (including phenoxy) is 1. The van der Waals surface area contributed by atoms with Crippen LogP contribution >= 0.6 is 0 Å². The highest BCUT2D eigenvalue weighted by molar-refractivity contribution is 5.92. The lowest BCUT2D eigenvalue weighted by atomic mass is 9.96. The summed E-state index contributed by atoms with van der Waals surface area (Å²) >= 11 is 0. The average molecular weight is 446 g/mol. The van der Waals surface area contributed by atoms with Crippen LogP contribution in [0.15, 0.2) is 66.7 Å². The Morgan fingerprint density at radius 2 is 1.70 bits per heavy atom. The lowest BCUT2D eigenvalue weighted by Crippen LogP contribution is -2.47. The van der Waals surface area contributed by atoms with Crippen molar-refractivity contribution in [3.8, 4) is 5.75 Å². The van der Waals surface area contributed by atoms with Crippen LogP contribution in [0.4, 0.5) is 5.69 Å². The summed E-state index contributed by atoms with van der Waals surface area (Å²) in [6, 6.07) is 21.7. The maximum Gasteiger partial charge on any atom is 0.238 e. The molecule has 1 aliphatic rings. The maximum absolute atomic E-state index is 12.9. The number of hydrogen-bond donors (Lipinski definition) is 2. The number of rotatable bonds is 7. The smallest absolute Gasteiger partial charge is 0.238 e. The Balaban J connectivity index is 1.26. The molecule has 0 radical (unpaired) electrons. The molecule has 0 saturated carbocycles. The number of fused-ring (bicyclic) bond motifs is 1. The highest BCUT2D eigenvalue weighted by atomic mass is 16.5. The number of carbonyl (C=O) groups excluding carboxylic acids is 2. The molecular formula is C27H31N3O3. The summed E-state index contributed by atoms with van der Waals surface area (Å²) in [5.41, 5.74) is 1.81. The van der Waals surface area contributed by atoms with Crippen LogP contribution in [0.3, 0.4) is 0 Å². The van der Waals surface area contributed by atoms with Crippen molar-refractivity contribution in [2.24, 2.45) is 0 Å². The quantitative estimate of drug-likeness (QED) is 0.573. The predicted molar refractivity (Wildman–Crippen MR) is 132 cm³/mol. The molecule has 6 nitrogen and oxygen atoms in total. The number of benzene rings is 3. The molecule has 1 heterocycles. The number of methoxy groups -OCH3 is 1. The van der Waals surface area contributed by atoms with Crippen molar-refractivity contribution in [1.82, 2.24) is 10.2 Å². The Morgan fingerprint density at radius 1 is 1.00 bits per heavy atom. The summed E-state index contributed by atoms with van der Waals surface area (Å²) in [5, 5.41) is 8.32. The third-order valence-corrected chi connectivity index (χ3v) is 6.32. The first-order valence-electron chi connectivity index (χ1n) is 11.5. The minimum atomic E-state index is -0.230. The van der Waals surface area contributed by atoms with Gasteiger partial charge in [-0.2, -0.15) is 0 Å². The van der Waals surface area contributed by atoms with Crippen molar-refractivity contribution in [2.45, 2.75) is 31.7 Å². The molecule has 0 spiro atoms. The Bertz CT molecular complexity index is 1110. The molecule has 33 heavy (non-hydrogen) atoms. The van der Waals surface area contributed by atoms with E-state index in [9.17, 15) is 9.59 Å². The highest BCUT2D eigenvalue weighted by Crippen LogP contribution is 2.25. The number of nitrogens with zero attached hydrogens (tertiary/aromatic N) is 1. The van der Waals surface area contributed by atoms with Gasteiger partial charge in [0, 0.05) is 24.8 Å². The predicted octanol–water partition coefficient (Wildman–Crippen LogP) is 4.17. The van der Waals surface area contributed by atoms with Crippen molar-refractivity contribution in [3.63, 3.8) is 0 Å². The molecule has 0 aromatic heterocycles. The SMILES string of the molecule is COc1ccc2cc([C@H](C)C(=O)NC3CCN(CC(=O)Nc4ccccc4)CC3)ccc2c1. The van der Waals surface area contributed by atoms with Crippen LogP contribution in [-0.2, 0) is 9.59 Å². The zero-order chi connectivity index (χ0) is 23.2. The summed E-state index contributed by atoms with van der Waals surface area (Å²) in [4.78, 5) is 27.3. The third kappa shape index (κ3) is 5.90. The third-order valence-electron chi connectivity index (χ3n) is 6.32. The molecule has 6 heteroatoms. The molecule has 1 atom stereocenters. The minimum Gasteiger partial charge on any atom is -0.497 e. The van der Waals surface area contributed by atoms with Gasteiger partial charge in [0.2, 0.25) is 11.8 Å². The molecular weight excluding hydrogens is 414 g/mol. The van der Waals surface area contributed by atoms with Crippen molar-refractivity contribution >= 4 is 28.3 Å². The normalized spacial score (nSPS) is 15.7. The Morgan fingerprint density at radius 3 is 2.42 bits per heavy atom. The fourth-order valence-electron chi connectivity index (χ4n) is 4.28. The molecule has 1 fully saturated rings. The summed E-state index contributed by atoms with van der Waals surface area (Å²) < 4.78 is 5.29. The number of hydrogen-bond acceptors (Lipinski definition) is 4. The molecule has 3 aromatic rings. The fourth-order valence-corrected chi connectivity index (χ4v) is 4.28. The van der Waals surface area contributed by atoms with E-state index < -0.39 is 0 Å². The number of nitrogens with one attached hydrogen (secondary N) is 2. The number of anilines is 1. The molecule has 4 rings (SSSR count). The fraction of sp³-hybridized carbons (Fsp3) is 0.333. The summed E-state index contributed by atoms with van der Waals surface area (Å²) in [7, 11) is 1.66. The van der Waals surface area contributed by atoms with E-state index in [1.165, 1.54) is 0 Å². The molecule has 1 saturated heterocycles. The van der Waals surface area contributed by atoms with E-state index in [1.807, 2.05) is 67.6 Å². The van der Waals surface area contributed by atoms with Gasteiger partial charge in [0.25, 0.3) is 0 Å². The van der Waals surface area contributed by atoms with E-state index in [4.69, 9.17) is 4.74 Å². The van der Waals surface area contributed by atoms with E-state index in [0.717, 1.165) is 53.7 Å². The minimum absolute atomic E-state index is 0.00812. The molecule has 2 N–H and O–H groups in total. The van der Waals surface area contributed by atoms with Crippen LogP contribution in [0.1, 0.15) is 31.2 Å². The maximum atomic E-state index is 12.9. The summed E-state index contributed by atoms with van der Waals surface area (Å²) in [6.45, 7) is 3.90. The zero-order valence-electron chi connectivity index (χ0n) is 19.2. The van der Waals surface area contributed by atoms with Gasteiger partial charge in [-0.3, -0.25) is 14.5 Å². The summed E-state index contributed by atoms with van der Waals surface area (Å²) in [6.07, 6.45) is 1.68. The van der Waals surface area contributed by atoms with Gasteiger partial charge >= 0.3 is 0 Å². The van der Waals surface area contributed by atoms with Crippen molar-refractivity contribution < 1.29 is 14.3 Å². The molecule has 0 unspecified atom stereocenters. The Hall–Kier alpha value is -3.38. The lowest BCUT2D eigenvalue weighted by Gasteiger charge is -2.32. The molecule has 2 amide bonds. The Kier molecular flexibility index (Phi) is 7.25. The summed E-state index contributed by atoms with van der Waals surface area (Å²) in [5.74, 6) is 0.630. The van der Waals surface area contributed by atoms with E-state index in [-0.39, 0.29) is 23.8 Å². The van der Waals surface area contributed by atoms with Crippen LogP contribution < -0.4 is 15.4 Å². The highest BCUT2D eigenvalue weighted by Gasteiger charge is 2.24. The van der Waals surface area contributed by atoms with Crippen LogP contribution in [-0.4, -0.2) is 49.5 Å².